The van der Waals surface area contributed by atoms with E-state index in [1.54, 1.807) is 12.1 Å². The van der Waals surface area contributed by atoms with E-state index in [-0.39, 0.29) is 30.0 Å². The summed E-state index contributed by atoms with van der Waals surface area (Å²) in [5, 5.41) is 2.99. The average Bonchev–Trinajstić information content (AvgIpc) is 2.46. The van der Waals surface area contributed by atoms with E-state index in [4.69, 9.17) is 5.73 Å². The van der Waals surface area contributed by atoms with Crippen molar-refractivity contribution >= 4 is 18.3 Å². The molecule has 3 rings (SSSR count). The SMILES string of the molecule is Cl.NC1C2CCCC1CC(C(=O)NCc1ccc(F)cc1)C2. The van der Waals surface area contributed by atoms with E-state index < -0.39 is 0 Å². The van der Waals surface area contributed by atoms with Gasteiger partial charge in [0.05, 0.1) is 0 Å². The van der Waals surface area contributed by atoms with E-state index in [2.05, 4.69) is 5.32 Å². The van der Waals surface area contributed by atoms with Crippen molar-refractivity contribution in [2.45, 2.75) is 44.7 Å². The summed E-state index contributed by atoms with van der Waals surface area (Å²) in [7, 11) is 0. The number of fused-ring (bicyclic) bond motifs is 2. The molecule has 3 N–H and O–H groups in total. The highest BCUT2D eigenvalue weighted by Gasteiger charge is 2.40. The van der Waals surface area contributed by atoms with E-state index >= 15 is 0 Å². The summed E-state index contributed by atoms with van der Waals surface area (Å²) in [5.41, 5.74) is 7.19. The number of amides is 1. The molecule has 2 aliphatic carbocycles. The number of benzene rings is 1. The summed E-state index contributed by atoms with van der Waals surface area (Å²) in [6.07, 6.45) is 5.44. The fourth-order valence-corrected chi connectivity index (χ4v) is 3.94. The smallest absolute Gasteiger partial charge is 0.223 e. The van der Waals surface area contributed by atoms with Gasteiger partial charge in [0.1, 0.15) is 5.82 Å². The molecule has 2 fully saturated rings. The van der Waals surface area contributed by atoms with Crippen molar-refractivity contribution in [2.75, 3.05) is 0 Å². The average molecular weight is 327 g/mol. The number of halogens is 2. The zero-order chi connectivity index (χ0) is 14.8. The van der Waals surface area contributed by atoms with Gasteiger partial charge in [-0.05, 0) is 55.2 Å². The first-order valence-corrected chi connectivity index (χ1v) is 7.91. The van der Waals surface area contributed by atoms with Crippen LogP contribution in [0.15, 0.2) is 24.3 Å². The van der Waals surface area contributed by atoms with Gasteiger partial charge in [0.15, 0.2) is 0 Å². The van der Waals surface area contributed by atoms with Crippen LogP contribution in [-0.2, 0) is 11.3 Å². The van der Waals surface area contributed by atoms with Gasteiger partial charge in [-0.2, -0.15) is 0 Å². The van der Waals surface area contributed by atoms with Gasteiger partial charge in [0.25, 0.3) is 0 Å². The molecular formula is C17H24ClFN2O. The number of nitrogens with one attached hydrogen (secondary N) is 1. The van der Waals surface area contributed by atoms with Crippen molar-refractivity contribution in [1.82, 2.24) is 5.32 Å². The highest BCUT2D eigenvalue weighted by molar-refractivity contribution is 5.85. The van der Waals surface area contributed by atoms with Crippen LogP contribution in [0.2, 0.25) is 0 Å². The summed E-state index contributed by atoms with van der Waals surface area (Å²) < 4.78 is 12.8. The minimum atomic E-state index is -0.251. The molecule has 1 amide bonds. The van der Waals surface area contributed by atoms with Gasteiger partial charge in [0, 0.05) is 18.5 Å². The predicted octanol–water partition coefficient (Wildman–Crippen LogP) is 3.02. The van der Waals surface area contributed by atoms with Crippen molar-refractivity contribution in [2.24, 2.45) is 23.5 Å². The highest BCUT2D eigenvalue weighted by atomic mass is 35.5. The summed E-state index contributed by atoms with van der Waals surface area (Å²) >= 11 is 0. The molecule has 0 heterocycles. The molecule has 1 aromatic rings. The maximum atomic E-state index is 12.8. The molecule has 0 aromatic heterocycles. The van der Waals surface area contributed by atoms with Gasteiger partial charge in [0.2, 0.25) is 5.91 Å². The van der Waals surface area contributed by atoms with Crippen LogP contribution in [0.4, 0.5) is 4.39 Å². The predicted molar refractivity (Wildman–Crippen MR) is 87.0 cm³/mol. The van der Waals surface area contributed by atoms with Crippen LogP contribution in [0.5, 0.6) is 0 Å². The second-order valence-corrected chi connectivity index (χ2v) is 6.54. The normalized spacial score (nSPS) is 30.3. The van der Waals surface area contributed by atoms with Gasteiger partial charge in [-0.1, -0.05) is 18.6 Å². The third-order valence-corrected chi connectivity index (χ3v) is 5.16. The van der Waals surface area contributed by atoms with Crippen LogP contribution < -0.4 is 11.1 Å². The lowest BCUT2D eigenvalue weighted by molar-refractivity contribution is -0.128. The van der Waals surface area contributed by atoms with E-state index in [1.807, 2.05) is 0 Å². The molecule has 2 atom stereocenters. The lowest BCUT2D eigenvalue weighted by atomic mass is 9.65. The fraction of sp³-hybridized carbons (Fsp3) is 0.588. The molecular weight excluding hydrogens is 303 g/mol. The van der Waals surface area contributed by atoms with Crippen LogP contribution in [0.3, 0.4) is 0 Å². The first-order valence-electron chi connectivity index (χ1n) is 7.91. The Bertz CT molecular complexity index is 494. The second-order valence-electron chi connectivity index (χ2n) is 6.54. The molecule has 5 heteroatoms. The fourth-order valence-electron chi connectivity index (χ4n) is 3.94. The molecule has 122 valence electrons. The molecule has 0 radical (unpaired) electrons. The number of hydrogen-bond donors (Lipinski definition) is 2. The topological polar surface area (TPSA) is 55.1 Å². The van der Waals surface area contributed by atoms with Crippen LogP contribution in [0.25, 0.3) is 0 Å². The van der Waals surface area contributed by atoms with E-state index in [0.29, 0.717) is 24.4 Å². The Morgan fingerprint density at radius 1 is 1.18 bits per heavy atom. The van der Waals surface area contributed by atoms with Crippen molar-refractivity contribution in [3.05, 3.63) is 35.6 Å². The van der Waals surface area contributed by atoms with E-state index in [1.165, 1.54) is 31.4 Å². The second kappa shape index (κ2) is 7.42. The number of rotatable bonds is 3. The Kier molecular flexibility index (Phi) is 5.81. The Morgan fingerprint density at radius 2 is 1.77 bits per heavy atom. The minimum Gasteiger partial charge on any atom is -0.352 e. The maximum Gasteiger partial charge on any atom is 0.223 e. The molecule has 1 aromatic carbocycles. The standard InChI is InChI=1S/C17H23FN2O.ClH/c18-15-6-4-11(5-7-15)10-20-17(21)14-8-12-2-1-3-13(9-14)16(12)19;/h4-7,12-14,16H,1-3,8-10,19H2,(H,20,21);1H. The number of carbonyl (C=O) groups is 1. The van der Waals surface area contributed by atoms with Gasteiger partial charge >= 0.3 is 0 Å². The van der Waals surface area contributed by atoms with Crippen molar-refractivity contribution in [3.8, 4) is 0 Å². The van der Waals surface area contributed by atoms with Crippen LogP contribution in [0, 0.1) is 23.6 Å². The van der Waals surface area contributed by atoms with E-state index in [0.717, 1.165) is 18.4 Å². The van der Waals surface area contributed by atoms with Crippen LogP contribution in [-0.4, -0.2) is 11.9 Å². The molecule has 2 unspecified atom stereocenters. The lowest BCUT2D eigenvalue weighted by Gasteiger charge is -2.43. The number of hydrogen-bond acceptors (Lipinski definition) is 2. The maximum absolute atomic E-state index is 12.8. The van der Waals surface area contributed by atoms with Crippen molar-refractivity contribution in [3.63, 3.8) is 0 Å². The molecule has 0 saturated heterocycles. The molecule has 0 aliphatic heterocycles. The quantitative estimate of drug-likeness (QED) is 0.897. The monoisotopic (exact) mass is 326 g/mol. The zero-order valence-electron chi connectivity index (χ0n) is 12.6. The van der Waals surface area contributed by atoms with Gasteiger partial charge in [-0.25, -0.2) is 4.39 Å². The van der Waals surface area contributed by atoms with Crippen LogP contribution in [0.1, 0.15) is 37.7 Å². The minimum absolute atomic E-state index is 0. The largest absolute Gasteiger partial charge is 0.352 e. The summed E-state index contributed by atoms with van der Waals surface area (Å²) in [6.45, 7) is 0.469. The highest BCUT2D eigenvalue weighted by Crippen LogP contribution is 2.41. The summed E-state index contributed by atoms with van der Waals surface area (Å²) in [6, 6.07) is 6.55. The molecule has 2 saturated carbocycles. The number of nitrogens with two attached hydrogens (primary N) is 1. The Labute approximate surface area is 137 Å². The first-order chi connectivity index (χ1) is 10.1. The summed E-state index contributed by atoms with van der Waals surface area (Å²) in [5.74, 6) is 1.00. The first kappa shape index (κ1) is 17.2. The third kappa shape index (κ3) is 3.79. The van der Waals surface area contributed by atoms with Gasteiger partial charge in [-0.3, -0.25) is 4.79 Å². The summed E-state index contributed by atoms with van der Waals surface area (Å²) in [4.78, 5) is 12.4. The molecule has 22 heavy (non-hydrogen) atoms. The Morgan fingerprint density at radius 3 is 2.36 bits per heavy atom. The van der Waals surface area contributed by atoms with Crippen molar-refractivity contribution < 1.29 is 9.18 Å². The number of carbonyl (C=O) groups excluding carboxylic acids is 1. The third-order valence-electron chi connectivity index (χ3n) is 5.16. The molecule has 3 nitrogen and oxygen atoms in total. The van der Waals surface area contributed by atoms with Crippen LogP contribution >= 0.6 is 12.4 Å². The Balaban J connectivity index is 0.00000176. The van der Waals surface area contributed by atoms with Crippen molar-refractivity contribution in [1.29, 1.82) is 0 Å². The molecule has 0 spiro atoms. The Hall–Kier alpha value is -1.13. The molecule has 2 bridgehead atoms. The zero-order valence-corrected chi connectivity index (χ0v) is 13.4. The molecule has 2 aliphatic rings. The van der Waals surface area contributed by atoms with E-state index in [9.17, 15) is 9.18 Å². The van der Waals surface area contributed by atoms with Gasteiger partial charge < -0.3 is 11.1 Å². The lowest BCUT2D eigenvalue weighted by Crippen LogP contribution is -2.49. The van der Waals surface area contributed by atoms with Gasteiger partial charge in [-0.15, -0.1) is 12.4 Å².